The molecule has 7 heteroatoms. The van der Waals surface area contributed by atoms with Gasteiger partial charge < -0.3 is 9.88 Å². The van der Waals surface area contributed by atoms with Gasteiger partial charge in [0, 0.05) is 29.8 Å². The van der Waals surface area contributed by atoms with Crippen LogP contribution in [0.25, 0.3) is 33.5 Å². The third kappa shape index (κ3) is 3.11. The van der Waals surface area contributed by atoms with Gasteiger partial charge in [-0.2, -0.15) is 0 Å². The molecule has 4 aromatic rings. The van der Waals surface area contributed by atoms with Crippen LogP contribution in [0.5, 0.6) is 0 Å². The highest BCUT2D eigenvalue weighted by Crippen LogP contribution is 2.36. The van der Waals surface area contributed by atoms with Gasteiger partial charge in [0.1, 0.15) is 11.3 Å². The SMILES string of the molecule is CC(C)n1nnc2ccc(-c3c(-c4ccc(F)cc4)ncn3C3CCNC3)cc21. The fraction of sp³-hybridized carbons (Fsp3) is 0.318. The minimum atomic E-state index is -0.247. The van der Waals surface area contributed by atoms with E-state index in [1.165, 1.54) is 12.1 Å². The van der Waals surface area contributed by atoms with E-state index in [1.54, 1.807) is 12.1 Å². The smallest absolute Gasteiger partial charge is 0.123 e. The molecule has 1 aliphatic rings. The molecule has 0 amide bonds. The van der Waals surface area contributed by atoms with Crippen molar-refractivity contribution in [1.82, 2.24) is 29.9 Å². The topological polar surface area (TPSA) is 60.6 Å². The van der Waals surface area contributed by atoms with E-state index in [9.17, 15) is 4.39 Å². The van der Waals surface area contributed by atoms with Gasteiger partial charge in [-0.1, -0.05) is 11.3 Å². The molecule has 1 saturated heterocycles. The average Bonchev–Trinajstić information content (AvgIpc) is 3.46. The van der Waals surface area contributed by atoms with Gasteiger partial charge in [0.15, 0.2) is 0 Å². The summed E-state index contributed by atoms with van der Waals surface area (Å²) >= 11 is 0. The van der Waals surface area contributed by atoms with Crippen molar-refractivity contribution in [2.45, 2.75) is 32.4 Å². The van der Waals surface area contributed by atoms with Crippen LogP contribution >= 0.6 is 0 Å². The Morgan fingerprint density at radius 1 is 1.10 bits per heavy atom. The number of fused-ring (bicyclic) bond motifs is 1. The number of imidazole rings is 1. The second-order valence-corrected chi connectivity index (χ2v) is 7.83. The van der Waals surface area contributed by atoms with Crippen LogP contribution in [0.15, 0.2) is 48.8 Å². The van der Waals surface area contributed by atoms with Gasteiger partial charge in [0.2, 0.25) is 0 Å². The lowest BCUT2D eigenvalue weighted by Crippen LogP contribution is -2.13. The van der Waals surface area contributed by atoms with Crippen molar-refractivity contribution in [3.63, 3.8) is 0 Å². The lowest BCUT2D eigenvalue weighted by molar-refractivity contribution is 0.530. The molecule has 1 unspecified atom stereocenters. The zero-order valence-electron chi connectivity index (χ0n) is 16.5. The van der Waals surface area contributed by atoms with E-state index in [0.717, 1.165) is 53.1 Å². The monoisotopic (exact) mass is 390 g/mol. The molecule has 1 atom stereocenters. The maximum atomic E-state index is 13.5. The van der Waals surface area contributed by atoms with Crippen LogP contribution in [0.4, 0.5) is 4.39 Å². The third-order valence-electron chi connectivity index (χ3n) is 5.57. The second-order valence-electron chi connectivity index (χ2n) is 7.83. The number of benzene rings is 2. The van der Waals surface area contributed by atoms with Gasteiger partial charge in [-0.15, -0.1) is 5.10 Å². The number of nitrogens with zero attached hydrogens (tertiary/aromatic N) is 5. The van der Waals surface area contributed by atoms with Crippen LogP contribution in [-0.2, 0) is 0 Å². The van der Waals surface area contributed by atoms with Gasteiger partial charge in [-0.05, 0) is 63.2 Å². The van der Waals surface area contributed by atoms with Crippen molar-refractivity contribution in [1.29, 1.82) is 0 Å². The quantitative estimate of drug-likeness (QED) is 0.567. The standard InChI is InChI=1S/C22H23FN6/c1-14(2)29-20-11-16(5-8-19(20)26-27-29)22-21(15-3-6-17(23)7-4-15)25-13-28(22)18-9-10-24-12-18/h3-8,11,13-14,18,24H,9-10,12H2,1-2H3. The van der Waals surface area contributed by atoms with Crippen molar-refractivity contribution in [3.8, 4) is 22.5 Å². The Hall–Kier alpha value is -3.06. The largest absolute Gasteiger partial charge is 0.326 e. The summed E-state index contributed by atoms with van der Waals surface area (Å²) < 4.78 is 17.7. The lowest BCUT2D eigenvalue weighted by Gasteiger charge is -2.16. The molecular formula is C22H23FN6. The molecule has 5 rings (SSSR count). The number of hydrogen-bond donors (Lipinski definition) is 1. The van der Waals surface area contributed by atoms with Gasteiger partial charge >= 0.3 is 0 Å². The van der Waals surface area contributed by atoms with Crippen LogP contribution in [0.1, 0.15) is 32.4 Å². The van der Waals surface area contributed by atoms with Crippen LogP contribution in [0.3, 0.4) is 0 Å². The molecule has 29 heavy (non-hydrogen) atoms. The van der Waals surface area contributed by atoms with Crippen LogP contribution in [0.2, 0.25) is 0 Å². The minimum absolute atomic E-state index is 0.218. The van der Waals surface area contributed by atoms with Gasteiger partial charge in [-0.25, -0.2) is 14.1 Å². The van der Waals surface area contributed by atoms with Crippen molar-refractivity contribution in [3.05, 3.63) is 54.6 Å². The molecule has 3 heterocycles. The molecule has 2 aromatic heterocycles. The summed E-state index contributed by atoms with van der Waals surface area (Å²) in [7, 11) is 0. The number of nitrogens with one attached hydrogen (secondary N) is 1. The Morgan fingerprint density at radius 3 is 2.62 bits per heavy atom. The number of halogens is 1. The number of hydrogen-bond acceptors (Lipinski definition) is 4. The summed E-state index contributed by atoms with van der Waals surface area (Å²) in [4.78, 5) is 4.74. The van der Waals surface area contributed by atoms with E-state index < -0.39 is 0 Å². The van der Waals surface area contributed by atoms with Gasteiger partial charge in [-0.3, -0.25) is 0 Å². The maximum absolute atomic E-state index is 13.5. The van der Waals surface area contributed by atoms with E-state index >= 15 is 0 Å². The molecule has 0 saturated carbocycles. The lowest BCUT2D eigenvalue weighted by atomic mass is 10.0. The molecule has 2 aromatic carbocycles. The normalized spacial score (nSPS) is 16.9. The van der Waals surface area contributed by atoms with E-state index in [0.29, 0.717) is 6.04 Å². The summed E-state index contributed by atoms with van der Waals surface area (Å²) in [6.45, 7) is 6.11. The zero-order valence-corrected chi connectivity index (χ0v) is 16.5. The first kappa shape index (κ1) is 18.0. The molecule has 0 radical (unpaired) electrons. The Balaban J connectivity index is 1.71. The van der Waals surface area contributed by atoms with Crippen molar-refractivity contribution >= 4 is 11.0 Å². The van der Waals surface area contributed by atoms with E-state index in [2.05, 4.69) is 46.2 Å². The number of aromatic nitrogens is 5. The third-order valence-corrected chi connectivity index (χ3v) is 5.57. The fourth-order valence-corrected chi connectivity index (χ4v) is 4.08. The molecule has 6 nitrogen and oxygen atoms in total. The maximum Gasteiger partial charge on any atom is 0.123 e. The van der Waals surface area contributed by atoms with Gasteiger partial charge in [0.05, 0.1) is 23.2 Å². The number of rotatable bonds is 4. The van der Waals surface area contributed by atoms with Crippen molar-refractivity contribution in [2.75, 3.05) is 13.1 Å². The van der Waals surface area contributed by atoms with Gasteiger partial charge in [0.25, 0.3) is 0 Å². The Labute approximate surface area is 168 Å². The summed E-state index contributed by atoms with van der Waals surface area (Å²) in [5.41, 5.74) is 5.75. The molecule has 148 valence electrons. The summed E-state index contributed by atoms with van der Waals surface area (Å²) in [6.07, 6.45) is 2.97. The zero-order chi connectivity index (χ0) is 20.0. The van der Waals surface area contributed by atoms with Crippen LogP contribution in [0, 0.1) is 5.82 Å². The van der Waals surface area contributed by atoms with E-state index in [-0.39, 0.29) is 11.9 Å². The van der Waals surface area contributed by atoms with E-state index in [4.69, 9.17) is 4.98 Å². The Kier molecular flexibility index (Phi) is 4.39. The summed E-state index contributed by atoms with van der Waals surface area (Å²) in [6, 6.07) is 13.3. The van der Waals surface area contributed by atoms with Crippen molar-refractivity contribution in [2.24, 2.45) is 0 Å². The molecule has 0 aliphatic carbocycles. The first-order chi connectivity index (χ1) is 14.1. The molecule has 1 N–H and O–H groups in total. The predicted molar refractivity (Wildman–Crippen MR) is 111 cm³/mol. The molecule has 1 aliphatic heterocycles. The van der Waals surface area contributed by atoms with E-state index in [1.807, 2.05) is 17.1 Å². The summed E-state index contributed by atoms with van der Waals surface area (Å²) in [5.74, 6) is -0.247. The highest BCUT2D eigenvalue weighted by atomic mass is 19.1. The highest BCUT2D eigenvalue weighted by molar-refractivity contribution is 5.85. The average molecular weight is 390 g/mol. The van der Waals surface area contributed by atoms with Crippen LogP contribution < -0.4 is 5.32 Å². The Bertz CT molecular complexity index is 1150. The first-order valence-corrected chi connectivity index (χ1v) is 10.0. The Morgan fingerprint density at radius 2 is 1.90 bits per heavy atom. The molecule has 0 spiro atoms. The predicted octanol–water partition coefficient (Wildman–Crippen LogP) is 4.22. The minimum Gasteiger partial charge on any atom is -0.326 e. The first-order valence-electron chi connectivity index (χ1n) is 10.0. The molecular weight excluding hydrogens is 367 g/mol. The summed E-state index contributed by atoms with van der Waals surface area (Å²) in [5, 5.41) is 12.0. The molecule has 0 bridgehead atoms. The highest BCUT2D eigenvalue weighted by Gasteiger charge is 2.24. The molecule has 1 fully saturated rings. The fourth-order valence-electron chi connectivity index (χ4n) is 4.08. The van der Waals surface area contributed by atoms with Crippen molar-refractivity contribution < 1.29 is 4.39 Å². The second kappa shape index (κ2) is 7.08. The van der Waals surface area contributed by atoms with Crippen LogP contribution in [-0.4, -0.2) is 37.6 Å².